The summed E-state index contributed by atoms with van der Waals surface area (Å²) in [4.78, 5) is 11.3. The molecular formula is C18H14F3NO2. The van der Waals surface area contributed by atoms with E-state index in [9.17, 15) is 23.1 Å². The summed E-state index contributed by atoms with van der Waals surface area (Å²) >= 11 is 0. The minimum Gasteiger partial charge on any atom is -0.478 e. The molecule has 24 heavy (non-hydrogen) atoms. The molecule has 0 spiro atoms. The van der Waals surface area contributed by atoms with Crippen LogP contribution in [0.3, 0.4) is 0 Å². The lowest BCUT2D eigenvalue weighted by Gasteiger charge is -2.10. The largest absolute Gasteiger partial charge is 0.478 e. The molecule has 0 fully saturated rings. The summed E-state index contributed by atoms with van der Waals surface area (Å²) in [6.07, 6.45) is -3.39. The molecule has 0 atom stereocenters. The van der Waals surface area contributed by atoms with Gasteiger partial charge in [0.25, 0.3) is 0 Å². The van der Waals surface area contributed by atoms with Crippen molar-refractivity contribution in [1.82, 2.24) is 4.57 Å². The SMILES string of the molecule is Cc1ccc(-c2ccc3c(C(=O)O)cn(CC(F)(F)F)c3c2)cc1. The quantitative estimate of drug-likeness (QED) is 0.742. The number of rotatable bonds is 3. The first-order valence-corrected chi connectivity index (χ1v) is 7.24. The average Bonchev–Trinajstić information content (AvgIpc) is 2.84. The van der Waals surface area contributed by atoms with E-state index < -0.39 is 18.7 Å². The highest BCUT2D eigenvalue weighted by Gasteiger charge is 2.29. The second-order valence-electron chi connectivity index (χ2n) is 5.69. The Morgan fingerprint density at radius 1 is 1.08 bits per heavy atom. The fourth-order valence-corrected chi connectivity index (χ4v) is 2.71. The van der Waals surface area contributed by atoms with Gasteiger partial charge in [-0.3, -0.25) is 0 Å². The maximum Gasteiger partial charge on any atom is 0.406 e. The van der Waals surface area contributed by atoms with E-state index in [1.165, 1.54) is 0 Å². The van der Waals surface area contributed by atoms with Crippen molar-refractivity contribution in [1.29, 1.82) is 0 Å². The van der Waals surface area contributed by atoms with Crippen LogP contribution in [0.1, 0.15) is 15.9 Å². The van der Waals surface area contributed by atoms with Gasteiger partial charge < -0.3 is 9.67 Å². The summed E-state index contributed by atoms with van der Waals surface area (Å²) < 4.78 is 39.3. The van der Waals surface area contributed by atoms with Crippen LogP contribution in [-0.4, -0.2) is 21.8 Å². The van der Waals surface area contributed by atoms with E-state index in [1.54, 1.807) is 18.2 Å². The highest BCUT2D eigenvalue weighted by atomic mass is 19.4. The van der Waals surface area contributed by atoms with Crippen LogP contribution in [0, 0.1) is 6.92 Å². The molecule has 2 aromatic carbocycles. The van der Waals surface area contributed by atoms with Gasteiger partial charge in [-0.1, -0.05) is 42.0 Å². The van der Waals surface area contributed by atoms with E-state index in [-0.39, 0.29) is 11.1 Å². The number of hydrogen-bond donors (Lipinski definition) is 1. The number of alkyl halides is 3. The summed E-state index contributed by atoms with van der Waals surface area (Å²) in [6.45, 7) is 0.717. The predicted octanol–water partition coefficient (Wildman–Crippen LogP) is 4.88. The van der Waals surface area contributed by atoms with Crippen LogP contribution in [0.25, 0.3) is 22.0 Å². The fraction of sp³-hybridized carbons (Fsp3) is 0.167. The van der Waals surface area contributed by atoms with Gasteiger partial charge in [0.1, 0.15) is 6.54 Å². The average molecular weight is 333 g/mol. The number of aryl methyl sites for hydroxylation is 1. The first kappa shape index (κ1) is 16.1. The number of hydrogen-bond acceptors (Lipinski definition) is 1. The van der Waals surface area contributed by atoms with E-state index in [0.29, 0.717) is 5.39 Å². The third kappa shape index (κ3) is 3.13. The highest BCUT2D eigenvalue weighted by Crippen LogP contribution is 2.30. The van der Waals surface area contributed by atoms with Crippen LogP contribution in [0.5, 0.6) is 0 Å². The number of fused-ring (bicyclic) bond motifs is 1. The molecular weight excluding hydrogens is 319 g/mol. The van der Waals surface area contributed by atoms with Crippen molar-refractivity contribution in [3.63, 3.8) is 0 Å². The van der Waals surface area contributed by atoms with Crippen molar-refractivity contribution < 1.29 is 23.1 Å². The normalized spacial score (nSPS) is 11.8. The second-order valence-corrected chi connectivity index (χ2v) is 5.69. The number of carboxylic acid groups (broad SMARTS) is 1. The summed E-state index contributed by atoms with van der Waals surface area (Å²) in [6, 6.07) is 12.5. The van der Waals surface area contributed by atoms with Crippen molar-refractivity contribution in [2.45, 2.75) is 19.6 Å². The minimum absolute atomic E-state index is 0.135. The van der Waals surface area contributed by atoms with Crippen LogP contribution in [0.2, 0.25) is 0 Å². The second kappa shape index (κ2) is 5.70. The van der Waals surface area contributed by atoms with Crippen molar-refractivity contribution in [3.8, 4) is 11.1 Å². The standard InChI is InChI=1S/C18H14F3NO2/c1-11-2-4-12(5-3-11)13-6-7-14-15(17(23)24)9-22(16(14)8-13)10-18(19,20)21/h2-9H,10H2,1H3,(H,23,24). The lowest BCUT2D eigenvalue weighted by atomic mass is 10.0. The number of halogens is 3. The maximum absolute atomic E-state index is 12.8. The Bertz CT molecular complexity index is 908. The predicted molar refractivity (Wildman–Crippen MR) is 85.1 cm³/mol. The molecule has 1 N–H and O–H groups in total. The van der Waals surface area contributed by atoms with Crippen LogP contribution in [0.4, 0.5) is 13.2 Å². The molecule has 3 rings (SSSR count). The monoisotopic (exact) mass is 333 g/mol. The number of aromatic nitrogens is 1. The molecule has 0 unspecified atom stereocenters. The molecule has 0 bridgehead atoms. The van der Waals surface area contributed by atoms with E-state index in [2.05, 4.69) is 0 Å². The molecule has 0 saturated carbocycles. The number of aromatic carboxylic acids is 1. The first-order valence-electron chi connectivity index (χ1n) is 7.24. The molecule has 1 aromatic heterocycles. The molecule has 0 amide bonds. The zero-order chi connectivity index (χ0) is 17.5. The van der Waals surface area contributed by atoms with E-state index >= 15 is 0 Å². The van der Waals surface area contributed by atoms with Crippen molar-refractivity contribution in [3.05, 3.63) is 59.8 Å². The maximum atomic E-state index is 12.8. The van der Waals surface area contributed by atoms with Gasteiger partial charge in [0, 0.05) is 17.1 Å². The van der Waals surface area contributed by atoms with Gasteiger partial charge >= 0.3 is 12.1 Å². The molecule has 0 saturated heterocycles. The van der Waals surface area contributed by atoms with Crippen LogP contribution in [0.15, 0.2) is 48.7 Å². The van der Waals surface area contributed by atoms with E-state index in [4.69, 9.17) is 0 Å². The number of carboxylic acids is 1. The third-order valence-corrected chi connectivity index (χ3v) is 3.85. The summed E-state index contributed by atoms with van der Waals surface area (Å²) in [5.74, 6) is -1.25. The Kier molecular flexibility index (Phi) is 3.83. The fourth-order valence-electron chi connectivity index (χ4n) is 2.71. The Morgan fingerprint density at radius 2 is 1.71 bits per heavy atom. The lowest BCUT2D eigenvalue weighted by Crippen LogP contribution is -2.16. The molecule has 124 valence electrons. The summed E-state index contributed by atoms with van der Waals surface area (Å²) in [7, 11) is 0. The number of nitrogens with zero attached hydrogens (tertiary/aromatic N) is 1. The van der Waals surface area contributed by atoms with Gasteiger partial charge in [-0.25, -0.2) is 4.79 Å². The third-order valence-electron chi connectivity index (χ3n) is 3.85. The molecule has 3 aromatic rings. The zero-order valence-corrected chi connectivity index (χ0v) is 12.8. The highest BCUT2D eigenvalue weighted by molar-refractivity contribution is 6.04. The van der Waals surface area contributed by atoms with E-state index in [0.717, 1.165) is 27.5 Å². The molecule has 3 nitrogen and oxygen atoms in total. The zero-order valence-electron chi connectivity index (χ0n) is 12.8. The van der Waals surface area contributed by atoms with Crippen LogP contribution < -0.4 is 0 Å². The lowest BCUT2D eigenvalue weighted by molar-refractivity contribution is -0.139. The Balaban J connectivity index is 2.17. The molecule has 0 aliphatic heterocycles. The summed E-state index contributed by atoms with van der Waals surface area (Å²) in [5.41, 5.74) is 2.79. The van der Waals surface area contributed by atoms with Gasteiger partial charge in [-0.05, 0) is 24.1 Å². The van der Waals surface area contributed by atoms with Crippen LogP contribution >= 0.6 is 0 Å². The Morgan fingerprint density at radius 3 is 2.29 bits per heavy atom. The minimum atomic E-state index is -4.43. The van der Waals surface area contributed by atoms with Crippen molar-refractivity contribution in [2.24, 2.45) is 0 Å². The summed E-state index contributed by atoms with van der Waals surface area (Å²) in [5, 5.41) is 9.51. The number of carbonyl (C=O) groups is 1. The van der Waals surface area contributed by atoms with Crippen molar-refractivity contribution in [2.75, 3.05) is 0 Å². The van der Waals surface area contributed by atoms with Gasteiger partial charge in [-0.15, -0.1) is 0 Å². The molecule has 6 heteroatoms. The van der Waals surface area contributed by atoms with Crippen LogP contribution in [-0.2, 0) is 6.54 Å². The topological polar surface area (TPSA) is 42.2 Å². The van der Waals surface area contributed by atoms with Gasteiger partial charge in [0.15, 0.2) is 0 Å². The molecule has 0 aliphatic carbocycles. The Labute approximate surface area is 136 Å². The smallest absolute Gasteiger partial charge is 0.406 e. The molecule has 0 aliphatic rings. The molecule has 0 radical (unpaired) electrons. The molecule has 1 heterocycles. The van der Waals surface area contributed by atoms with E-state index in [1.807, 2.05) is 31.2 Å². The van der Waals surface area contributed by atoms with Gasteiger partial charge in [0.05, 0.1) is 5.56 Å². The van der Waals surface area contributed by atoms with Gasteiger partial charge in [0.2, 0.25) is 0 Å². The Hall–Kier alpha value is -2.76. The van der Waals surface area contributed by atoms with Crippen molar-refractivity contribution >= 4 is 16.9 Å². The first-order chi connectivity index (χ1) is 11.2. The van der Waals surface area contributed by atoms with Gasteiger partial charge in [-0.2, -0.15) is 13.2 Å². The number of benzene rings is 2.